The van der Waals surface area contributed by atoms with E-state index in [1.165, 1.54) is 7.11 Å². The first kappa shape index (κ1) is 18.9. The van der Waals surface area contributed by atoms with Crippen LogP contribution in [0.25, 0.3) is 5.69 Å². The highest BCUT2D eigenvalue weighted by molar-refractivity contribution is 5.85. The molecule has 0 N–H and O–H groups in total. The first-order valence-electron chi connectivity index (χ1n) is 9.69. The molecular weight excluding hydrogens is 366 g/mol. The minimum absolute atomic E-state index is 0.0534. The summed E-state index contributed by atoms with van der Waals surface area (Å²) in [5.41, 5.74) is 4.13. The van der Waals surface area contributed by atoms with E-state index in [0.29, 0.717) is 25.8 Å². The Kier molecular flexibility index (Phi) is 5.42. The summed E-state index contributed by atoms with van der Waals surface area (Å²) in [6.45, 7) is 0.429. The maximum atomic E-state index is 13.0. The van der Waals surface area contributed by atoms with Gasteiger partial charge in [0.15, 0.2) is 0 Å². The van der Waals surface area contributed by atoms with E-state index in [0.717, 1.165) is 22.4 Å². The summed E-state index contributed by atoms with van der Waals surface area (Å²) < 4.78 is 6.75. The van der Waals surface area contributed by atoms with Crippen LogP contribution >= 0.6 is 0 Å². The van der Waals surface area contributed by atoms with E-state index in [2.05, 4.69) is 5.10 Å². The zero-order chi connectivity index (χ0) is 20.2. The number of hydrogen-bond acceptors (Lipinski definition) is 4. The molecule has 6 nitrogen and oxygen atoms in total. The van der Waals surface area contributed by atoms with E-state index >= 15 is 0 Å². The van der Waals surface area contributed by atoms with Gasteiger partial charge in [-0.1, -0.05) is 42.5 Å². The SMILES string of the molecule is COC(=O)[C@H]1Cc2ccccc2CN1C(=O)CCc1cnn(-c2ccccc2)c1. The van der Waals surface area contributed by atoms with Gasteiger partial charge in [0, 0.05) is 25.6 Å². The number of aryl methyl sites for hydroxylation is 1. The normalized spacial score (nSPS) is 15.6. The molecule has 0 aliphatic carbocycles. The number of nitrogens with zero attached hydrogens (tertiary/aromatic N) is 3. The molecule has 2 heterocycles. The second-order valence-electron chi connectivity index (χ2n) is 7.16. The summed E-state index contributed by atoms with van der Waals surface area (Å²) in [7, 11) is 1.36. The molecule has 0 fully saturated rings. The van der Waals surface area contributed by atoms with Crippen LogP contribution in [0.3, 0.4) is 0 Å². The fourth-order valence-corrected chi connectivity index (χ4v) is 3.74. The number of rotatable bonds is 5. The van der Waals surface area contributed by atoms with Crippen molar-refractivity contribution in [3.63, 3.8) is 0 Å². The van der Waals surface area contributed by atoms with Gasteiger partial charge in [-0.05, 0) is 35.2 Å². The molecule has 4 rings (SSSR count). The minimum atomic E-state index is -0.575. The van der Waals surface area contributed by atoms with E-state index in [9.17, 15) is 9.59 Å². The number of methoxy groups -OCH3 is 1. The van der Waals surface area contributed by atoms with Gasteiger partial charge >= 0.3 is 5.97 Å². The molecule has 6 heteroatoms. The molecule has 0 spiro atoms. The summed E-state index contributed by atoms with van der Waals surface area (Å²) in [5, 5.41) is 4.38. The molecule has 0 radical (unpaired) electrons. The van der Waals surface area contributed by atoms with E-state index < -0.39 is 6.04 Å². The Morgan fingerprint density at radius 2 is 1.79 bits per heavy atom. The van der Waals surface area contributed by atoms with Crippen molar-refractivity contribution in [2.75, 3.05) is 7.11 Å². The van der Waals surface area contributed by atoms with Gasteiger partial charge in [-0.15, -0.1) is 0 Å². The van der Waals surface area contributed by atoms with Crippen molar-refractivity contribution < 1.29 is 14.3 Å². The summed E-state index contributed by atoms with van der Waals surface area (Å²) in [5.74, 6) is -0.424. The predicted octanol–water partition coefficient (Wildman–Crippen LogP) is 2.93. The third kappa shape index (κ3) is 4.06. The number of esters is 1. The molecule has 0 unspecified atom stereocenters. The first-order chi connectivity index (χ1) is 14.2. The van der Waals surface area contributed by atoms with Crippen LogP contribution in [-0.2, 0) is 33.7 Å². The highest BCUT2D eigenvalue weighted by Gasteiger charge is 2.34. The molecular formula is C23H23N3O3. The van der Waals surface area contributed by atoms with Gasteiger partial charge in [-0.2, -0.15) is 5.10 Å². The van der Waals surface area contributed by atoms with Gasteiger partial charge in [0.1, 0.15) is 6.04 Å². The molecule has 0 saturated carbocycles. The van der Waals surface area contributed by atoms with Crippen molar-refractivity contribution >= 4 is 11.9 Å². The Morgan fingerprint density at radius 1 is 1.07 bits per heavy atom. The van der Waals surface area contributed by atoms with Gasteiger partial charge in [0.2, 0.25) is 5.91 Å². The number of hydrogen-bond donors (Lipinski definition) is 0. The molecule has 29 heavy (non-hydrogen) atoms. The van der Waals surface area contributed by atoms with Gasteiger partial charge < -0.3 is 9.64 Å². The smallest absolute Gasteiger partial charge is 0.328 e. The summed E-state index contributed by atoms with van der Waals surface area (Å²) >= 11 is 0. The summed E-state index contributed by atoms with van der Waals surface area (Å²) in [4.78, 5) is 26.9. The second kappa shape index (κ2) is 8.31. The van der Waals surface area contributed by atoms with Gasteiger partial charge in [0.05, 0.1) is 19.0 Å². The van der Waals surface area contributed by atoms with Crippen molar-refractivity contribution in [1.29, 1.82) is 0 Å². The third-order valence-corrected chi connectivity index (χ3v) is 5.33. The fraction of sp³-hybridized carbons (Fsp3) is 0.261. The van der Waals surface area contributed by atoms with Gasteiger partial charge in [-0.3, -0.25) is 4.79 Å². The zero-order valence-electron chi connectivity index (χ0n) is 16.3. The quantitative estimate of drug-likeness (QED) is 0.630. The molecule has 1 aliphatic heterocycles. The number of para-hydroxylation sites is 1. The maximum absolute atomic E-state index is 13.0. The first-order valence-corrected chi connectivity index (χ1v) is 9.69. The molecule has 148 valence electrons. The number of amides is 1. The van der Waals surface area contributed by atoms with Crippen LogP contribution in [0.2, 0.25) is 0 Å². The molecule has 0 saturated heterocycles. The lowest BCUT2D eigenvalue weighted by atomic mass is 9.93. The van der Waals surface area contributed by atoms with Crippen molar-refractivity contribution in [2.45, 2.75) is 31.8 Å². The molecule has 2 aromatic carbocycles. The van der Waals surface area contributed by atoms with Crippen LogP contribution in [0.4, 0.5) is 0 Å². The topological polar surface area (TPSA) is 64.4 Å². The molecule has 1 amide bonds. The van der Waals surface area contributed by atoms with E-state index in [1.54, 1.807) is 15.8 Å². The number of carbonyl (C=O) groups is 2. The van der Waals surface area contributed by atoms with Crippen molar-refractivity contribution in [3.8, 4) is 5.69 Å². The Morgan fingerprint density at radius 3 is 2.55 bits per heavy atom. The Hall–Kier alpha value is -3.41. The largest absolute Gasteiger partial charge is 0.467 e. The summed E-state index contributed by atoms with van der Waals surface area (Å²) in [6.07, 6.45) is 5.09. The Balaban J connectivity index is 1.46. The zero-order valence-corrected chi connectivity index (χ0v) is 16.3. The number of benzene rings is 2. The van der Waals surface area contributed by atoms with Crippen LogP contribution in [0.1, 0.15) is 23.1 Å². The van der Waals surface area contributed by atoms with E-state index in [4.69, 9.17) is 4.74 Å². The van der Waals surface area contributed by atoms with Crippen LogP contribution in [0.5, 0.6) is 0 Å². The van der Waals surface area contributed by atoms with Crippen molar-refractivity contribution in [3.05, 3.63) is 83.7 Å². The highest BCUT2D eigenvalue weighted by atomic mass is 16.5. The molecule has 1 aromatic heterocycles. The Labute approximate surface area is 169 Å². The average Bonchev–Trinajstić information content (AvgIpc) is 3.25. The average molecular weight is 389 g/mol. The minimum Gasteiger partial charge on any atom is -0.467 e. The number of fused-ring (bicyclic) bond motifs is 1. The molecule has 1 aliphatic rings. The monoisotopic (exact) mass is 389 g/mol. The van der Waals surface area contributed by atoms with Crippen LogP contribution in [0, 0.1) is 0 Å². The molecule has 1 atom stereocenters. The molecule has 3 aromatic rings. The highest BCUT2D eigenvalue weighted by Crippen LogP contribution is 2.25. The fourth-order valence-electron chi connectivity index (χ4n) is 3.74. The third-order valence-electron chi connectivity index (χ3n) is 5.33. The Bertz CT molecular complexity index is 1010. The predicted molar refractivity (Wildman–Crippen MR) is 108 cm³/mol. The van der Waals surface area contributed by atoms with Crippen LogP contribution in [-0.4, -0.2) is 39.7 Å². The van der Waals surface area contributed by atoms with Gasteiger partial charge in [-0.25, -0.2) is 9.48 Å². The lowest BCUT2D eigenvalue weighted by Crippen LogP contribution is -2.49. The second-order valence-corrected chi connectivity index (χ2v) is 7.16. The van der Waals surface area contributed by atoms with E-state index in [1.807, 2.05) is 60.8 Å². The van der Waals surface area contributed by atoms with Crippen LogP contribution in [0.15, 0.2) is 67.0 Å². The number of carbonyl (C=O) groups excluding carboxylic acids is 2. The van der Waals surface area contributed by atoms with E-state index in [-0.39, 0.29) is 11.9 Å². The molecule has 0 bridgehead atoms. The summed E-state index contributed by atoms with van der Waals surface area (Å²) in [6, 6.07) is 17.2. The lowest BCUT2D eigenvalue weighted by Gasteiger charge is -2.35. The number of aromatic nitrogens is 2. The standard InChI is InChI=1S/C23H23N3O3/c1-29-23(28)21-13-18-7-5-6-8-19(18)16-25(21)22(27)12-11-17-14-24-26(15-17)20-9-3-2-4-10-20/h2-10,14-15,21H,11-13,16H2,1H3/t21-/m1/s1. The lowest BCUT2D eigenvalue weighted by molar-refractivity contribution is -0.154. The maximum Gasteiger partial charge on any atom is 0.328 e. The van der Waals surface area contributed by atoms with Gasteiger partial charge in [0.25, 0.3) is 0 Å². The van der Waals surface area contributed by atoms with Crippen LogP contribution < -0.4 is 0 Å². The number of ether oxygens (including phenoxy) is 1. The van der Waals surface area contributed by atoms with Crippen molar-refractivity contribution in [2.24, 2.45) is 0 Å². The van der Waals surface area contributed by atoms with Crippen molar-refractivity contribution in [1.82, 2.24) is 14.7 Å².